The number of benzene rings is 1. The summed E-state index contributed by atoms with van der Waals surface area (Å²) < 4.78 is 11.2. The van der Waals surface area contributed by atoms with Crippen molar-refractivity contribution in [1.82, 2.24) is 5.32 Å². The first-order valence-electron chi connectivity index (χ1n) is 6.31. The lowest BCUT2D eigenvalue weighted by Crippen LogP contribution is -2.55. The van der Waals surface area contributed by atoms with Crippen LogP contribution in [0.15, 0.2) is 30.3 Å². The second kappa shape index (κ2) is 4.09. The molecule has 2 aliphatic rings. The molecular formula is C14H19NO2. The number of rotatable bonds is 2. The lowest BCUT2D eigenvalue weighted by molar-refractivity contribution is -0.409. The quantitative estimate of drug-likeness (QED) is 0.850. The summed E-state index contributed by atoms with van der Waals surface area (Å²) in [6.07, 6.45) is 4.08. The van der Waals surface area contributed by atoms with E-state index >= 15 is 0 Å². The molecule has 0 unspecified atom stereocenters. The zero-order chi connectivity index (χ0) is 11.8. The Morgan fingerprint density at radius 3 is 2.12 bits per heavy atom. The van der Waals surface area contributed by atoms with Crippen molar-refractivity contribution >= 4 is 0 Å². The minimum atomic E-state index is -0.255. The number of hydrogen-bond acceptors (Lipinski definition) is 3. The van der Waals surface area contributed by atoms with Crippen molar-refractivity contribution in [3.8, 4) is 0 Å². The van der Waals surface area contributed by atoms with Crippen molar-refractivity contribution in [2.45, 2.75) is 37.0 Å². The molecule has 1 spiro atoms. The largest absolute Gasteiger partial charge is 0.324 e. The van der Waals surface area contributed by atoms with Gasteiger partial charge in [0, 0.05) is 18.4 Å². The normalized spacial score (nSPS) is 25.5. The molecular weight excluding hydrogens is 214 g/mol. The van der Waals surface area contributed by atoms with Crippen LogP contribution < -0.4 is 5.32 Å². The van der Waals surface area contributed by atoms with E-state index in [1.54, 1.807) is 0 Å². The molecule has 1 aliphatic carbocycles. The average molecular weight is 233 g/mol. The van der Waals surface area contributed by atoms with Crippen molar-refractivity contribution in [3.05, 3.63) is 35.9 Å². The molecule has 0 amide bonds. The van der Waals surface area contributed by atoms with Crippen LogP contribution in [0.3, 0.4) is 0 Å². The van der Waals surface area contributed by atoms with Crippen LogP contribution in [0.4, 0.5) is 0 Å². The molecule has 1 N–H and O–H groups in total. The van der Waals surface area contributed by atoms with E-state index in [1.165, 1.54) is 5.56 Å². The smallest absolute Gasteiger partial charge is 0.174 e. The maximum Gasteiger partial charge on any atom is 0.174 e. The number of nitrogens with one attached hydrogen (secondary N) is 1. The Labute approximate surface area is 102 Å². The highest BCUT2D eigenvalue weighted by molar-refractivity contribution is 5.25. The molecule has 1 heterocycles. The van der Waals surface area contributed by atoms with Crippen LogP contribution in [0.2, 0.25) is 0 Å². The van der Waals surface area contributed by atoms with Gasteiger partial charge >= 0.3 is 0 Å². The van der Waals surface area contributed by atoms with Gasteiger partial charge in [0.1, 0.15) is 0 Å². The average Bonchev–Trinajstić information content (AvgIpc) is 2.38. The molecule has 1 aliphatic heterocycles. The molecule has 17 heavy (non-hydrogen) atoms. The first-order chi connectivity index (χ1) is 8.29. The molecule has 0 aromatic heterocycles. The third-order valence-electron chi connectivity index (χ3n) is 4.31. The highest BCUT2D eigenvalue weighted by Gasteiger charge is 2.48. The molecule has 0 radical (unpaired) electrons. The Morgan fingerprint density at radius 2 is 1.65 bits per heavy atom. The Morgan fingerprint density at radius 1 is 1.00 bits per heavy atom. The van der Waals surface area contributed by atoms with Crippen LogP contribution >= 0.6 is 0 Å². The number of hydrogen-bond donors (Lipinski definition) is 1. The van der Waals surface area contributed by atoms with Crippen LogP contribution in [0.25, 0.3) is 0 Å². The minimum absolute atomic E-state index is 0.0921. The summed E-state index contributed by atoms with van der Waals surface area (Å²) in [6, 6.07) is 10.7. The van der Waals surface area contributed by atoms with E-state index in [9.17, 15) is 0 Å². The molecule has 3 nitrogen and oxygen atoms in total. The SMILES string of the molecule is CNC1(c2ccccc2)CCC2(CC1)OCO2. The minimum Gasteiger partial charge on any atom is -0.324 e. The Hall–Kier alpha value is -0.900. The molecule has 3 heteroatoms. The van der Waals surface area contributed by atoms with Gasteiger partial charge in [-0.2, -0.15) is 0 Å². The third-order valence-corrected chi connectivity index (χ3v) is 4.31. The van der Waals surface area contributed by atoms with Crippen LogP contribution in [0, 0.1) is 0 Å². The van der Waals surface area contributed by atoms with E-state index in [-0.39, 0.29) is 11.3 Å². The third kappa shape index (κ3) is 1.79. The summed E-state index contributed by atoms with van der Waals surface area (Å²) in [5, 5.41) is 3.51. The summed E-state index contributed by atoms with van der Waals surface area (Å²) in [7, 11) is 2.05. The fourth-order valence-electron chi connectivity index (χ4n) is 3.01. The molecule has 2 fully saturated rings. The summed E-state index contributed by atoms with van der Waals surface area (Å²) in [6.45, 7) is 0.470. The van der Waals surface area contributed by atoms with E-state index < -0.39 is 0 Å². The highest BCUT2D eigenvalue weighted by Crippen LogP contribution is 2.45. The summed E-state index contributed by atoms with van der Waals surface area (Å²) in [5.74, 6) is -0.255. The van der Waals surface area contributed by atoms with Gasteiger partial charge in [-0.3, -0.25) is 0 Å². The Kier molecular flexibility index (Phi) is 2.69. The van der Waals surface area contributed by atoms with Gasteiger partial charge in [-0.25, -0.2) is 0 Å². The Balaban J connectivity index is 1.80. The molecule has 1 aromatic carbocycles. The summed E-state index contributed by atoms with van der Waals surface area (Å²) in [5.41, 5.74) is 1.46. The zero-order valence-electron chi connectivity index (χ0n) is 10.2. The van der Waals surface area contributed by atoms with E-state index in [2.05, 4.69) is 35.6 Å². The highest BCUT2D eigenvalue weighted by atomic mass is 16.9. The van der Waals surface area contributed by atoms with Gasteiger partial charge < -0.3 is 14.8 Å². The van der Waals surface area contributed by atoms with Crippen LogP contribution in [-0.4, -0.2) is 19.6 Å². The fourth-order valence-corrected chi connectivity index (χ4v) is 3.01. The molecule has 3 rings (SSSR count). The monoisotopic (exact) mass is 233 g/mol. The van der Waals surface area contributed by atoms with E-state index in [0.717, 1.165) is 25.7 Å². The van der Waals surface area contributed by atoms with Crippen molar-refractivity contribution in [1.29, 1.82) is 0 Å². The van der Waals surface area contributed by atoms with Gasteiger partial charge in [0.2, 0.25) is 0 Å². The van der Waals surface area contributed by atoms with Crippen molar-refractivity contribution in [3.63, 3.8) is 0 Å². The molecule has 1 saturated carbocycles. The Bertz CT molecular complexity index is 376. The molecule has 1 aromatic rings. The van der Waals surface area contributed by atoms with Gasteiger partial charge in [0.25, 0.3) is 0 Å². The van der Waals surface area contributed by atoms with Gasteiger partial charge in [0.15, 0.2) is 12.6 Å². The molecule has 0 atom stereocenters. The zero-order valence-corrected chi connectivity index (χ0v) is 10.2. The van der Waals surface area contributed by atoms with E-state index in [0.29, 0.717) is 6.79 Å². The standard InChI is InChI=1S/C14H19NO2/c1-15-13(12-5-3-2-4-6-12)7-9-14(10-8-13)16-11-17-14/h2-6,15H,7-11H2,1H3. The van der Waals surface area contributed by atoms with E-state index in [1.807, 2.05) is 7.05 Å². The van der Waals surface area contributed by atoms with E-state index in [4.69, 9.17) is 9.47 Å². The van der Waals surface area contributed by atoms with Gasteiger partial charge in [-0.1, -0.05) is 30.3 Å². The van der Waals surface area contributed by atoms with Crippen LogP contribution in [0.1, 0.15) is 31.2 Å². The van der Waals surface area contributed by atoms with Crippen LogP contribution in [-0.2, 0) is 15.0 Å². The first-order valence-corrected chi connectivity index (χ1v) is 6.31. The second-order valence-electron chi connectivity index (χ2n) is 5.02. The fraction of sp³-hybridized carbons (Fsp3) is 0.571. The predicted molar refractivity (Wildman–Crippen MR) is 65.4 cm³/mol. The molecule has 92 valence electrons. The maximum atomic E-state index is 5.58. The van der Waals surface area contributed by atoms with Crippen LogP contribution in [0.5, 0.6) is 0 Å². The number of ether oxygens (including phenoxy) is 2. The van der Waals surface area contributed by atoms with Gasteiger partial charge in [-0.15, -0.1) is 0 Å². The van der Waals surface area contributed by atoms with Crippen molar-refractivity contribution in [2.24, 2.45) is 0 Å². The predicted octanol–water partition coefficient (Wildman–Crippen LogP) is 2.38. The van der Waals surface area contributed by atoms with Gasteiger partial charge in [-0.05, 0) is 25.5 Å². The first kappa shape index (κ1) is 11.2. The second-order valence-corrected chi connectivity index (χ2v) is 5.02. The van der Waals surface area contributed by atoms with Gasteiger partial charge in [0.05, 0.1) is 0 Å². The summed E-state index contributed by atoms with van der Waals surface area (Å²) in [4.78, 5) is 0. The lowest BCUT2D eigenvalue weighted by atomic mass is 9.74. The van der Waals surface area contributed by atoms with Crippen molar-refractivity contribution < 1.29 is 9.47 Å². The summed E-state index contributed by atoms with van der Waals surface area (Å²) >= 11 is 0. The molecule has 1 saturated heterocycles. The van der Waals surface area contributed by atoms with Crippen molar-refractivity contribution in [2.75, 3.05) is 13.8 Å². The molecule has 0 bridgehead atoms. The maximum absolute atomic E-state index is 5.58. The topological polar surface area (TPSA) is 30.5 Å². The lowest BCUT2D eigenvalue weighted by Gasteiger charge is -2.50.